The second kappa shape index (κ2) is 7.29. The van der Waals surface area contributed by atoms with Gasteiger partial charge in [-0.2, -0.15) is 0 Å². The van der Waals surface area contributed by atoms with Crippen LogP contribution in [0.2, 0.25) is 0 Å². The minimum atomic E-state index is -0.113. The average Bonchev–Trinajstić information content (AvgIpc) is 3.11. The molecule has 0 aliphatic carbocycles. The van der Waals surface area contributed by atoms with Gasteiger partial charge in [0.1, 0.15) is 11.5 Å². The topological polar surface area (TPSA) is 53.0 Å². The van der Waals surface area contributed by atoms with Crippen LogP contribution in [0, 0.1) is 0 Å². The second-order valence-electron chi connectivity index (χ2n) is 6.77. The van der Waals surface area contributed by atoms with E-state index in [1.54, 1.807) is 18.2 Å². The molecule has 1 N–H and O–H groups in total. The first-order valence-electron chi connectivity index (χ1n) is 8.85. The third-order valence-corrected chi connectivity index (χ3v) is 5.50. The Labute approximate surface area is 161 Å². The lowest BCUT2D eigenvalue weighted by Crippen LogP contribution is -2.48. The Morgan fingerprint density at radius 2 is 1.92 bits per heavy atom. The minimum absolute atomic E-state index is 0.0287. The Morgan fingerprint density at radius 1 is 1.12 bits per heavy atom. The monoisotopic (exact) mass is 416 g/mol. The molecule has 0 unspecified atom stereocenters. The molecule has 6 heteroatoms. The van der Waals surface area contributed by atoms with Gasteiger partial charge >= 0.3 is 0 Å². The number of benzene rings is 2. The molecule has 136 valence electrons. The summed E-state index contributed by atoms with van der Waals surface area (Å²) < 4.78 is 6.35. The number of carbonyl (C=O) groups is 1. The Hall–Kier alpha value is -2.05. The van der Waals surface area contributed by atoms with E-state index in [1.807, 2.05) is 4.90 Å². The number of phenols is 1. The molecular weight excluding hydrogens is 396 g/mol. The number of halogens is 1. The molecule has 26 heavy (non-hydrogen) atoms. The van der Waals surface area contributed by atoms with Crippen molar-refractivity contribution in [2.24, 2.45) is 0 Å². The molecule has 0 bridgehead atoms. The fourth-order valence-electron chi connectivity index (χ4n) is 3.56. The summed E-state index contributed by atoms with van der Waals surface area (Å²) in [4.78, 5) is 16.9. The molecule has 2 aliphatic heterocycles. The van der Waals surface area contributed by atoms with Gasteiger partial charge in [0.05, 0.1) is 12.2 Å². The van der Waals surface area contributed by atoms with Crippen molar-refractivity contribution in [1.82, 2.24) is 9.80 Å². The molecule has 0 saturated carbocycles. The molecule has 1 saturated heterocycles. The van der Waals surface area contributed by atoms with Crippen molar-refractivity contribution in [1.29, 1.82) is 0 Å². The molecule has 0 radical (unpaired) electrons. The molecular formula is C20H21BrN2O3. The molecule has 1 fully saturated rings. The van der Waals surface area contributed by atoms with Gasteiger partial charge in [-0.1, -0.05) is 28.1 Å². The summed E-state index contributed by atoms with van der Waals surface area (Å²) in [6.45, 7) is 4.65. The summed E-state index contributed by atoms with van der Waals surface area (Å²) in [6.07, 6.45) is 0.988. The highest BCUT2D eigenvalue weighted by molar-refractivity contribution is 9.10. The number of hydrogen-bond acceptors (Lipinski definition) is 4. The standard InChI is InChI=1S/C20H21BrN2O3/c21-16-2-3-18(24)17(12-16)20(25)23-8-6-22(7-9-23)13-14-1-4-19-15(11-14)5-10-26-19/h1-4,11-12,24H,5-10,13H2. The van der Waals surface area contributed by atoms with E-state index in [9.17, 15) is 9.90 Å². The quantitative estimate of drug-likeness (QED) is 0.835. The number of nitrogens with zero attached hydrogens (tertiary/aromatic N) is 2. The number of rotatable bonds is 3. The van der Waals surface area contributed by atoms with Crippen LogP contribution >= 0.6 is 15.9 Å². The van der Waals surface area contributed by atoms with Gasteiger partial charge in [-0.3, -0.25) is 9.69 Å². The van der Waals surface area contributed by atoms with Gasteiger partial charge < -0.3 is 14.7 Å². The van der Waals surface area contributed by atoms with Crippen LogP contribution in [-0.4, -0.2) is 53.6 Å². The molecule has 0 atom stereocenters. The highest BCUT2D eigenvalue weighted by Gasteiger charge is 2.24. The zero-order valence-electron chi connectivity index (χ0n) is 14.4. The fraction of sp³-hybridized carbons (Fsp3) is 0.350. The molecule has 0 spiro atoms. The van der Waals surface area contributed by atoms with Crippen molar-refractivity contribution in [3.63, 3.8) is 0 Å². The summed E-state index contributed by atoms with van der Waals surface area (Å²) in [5, 5.41) is 9.97. The fourth-order valence-corrected chi connectivity index (χ4v) is 3.92. The van der Waals surface area contributed by atoms with Crippen LogP contribution in [0.1, 0.15) is 21.5 Å². The predicted molar refractivity (Wildman–Crippen MR) is 103 cm³/mol. The summed E-state index contributed by atoms with van der Waals surface area (Å²) >= 11 is 3.36. The van der Waals surface area contributed by atoms with Gasteiger partial charge in [-0.15, -0.1) is 0 Å². The maximum absolute atomic E-state index is 12.7. The summed E-state index contributed by atoms with van der Waals surface area (Å²) in [5.41, 5.74) is 2.94. The van der Waals surface area contributed by atoms with E-state index in [1.165, 1.54) is 11.1 Å². The van der Waals surface area contributed by atoms with Gasteiger partial charge in [0.2, 0.25) is 0 Å². The Balaban J connectivity index is 1.36. The molecule has 2 aromatic carbocycles. The van der Waals surface area contributed by atoms with Crippen LogP contribution in [0.15, 0.2) is 40.9 Å². The van der Waals surface area contributed by atoms with Crippen LogP contribution in [-0.2, 0) is 13.0 Å². The number of piperazine rings is 1. The zero-order valence-corrected chi connectivity index (χ0v) is 16.0. The van der Waals surface area contributed by atoms with Gasteiger partial charge in [-0.05, 0) is 35.4 Å². The van der Waals surface area contributed by atoms with Crippen molar-refractivity contribution >= 4 is 21.8 Å². The molecule has 2 aromatic rings. The lowest BCUT2D eigenvalue weighted by atomic mass is 10.1. The molecule has 0 aromatic heterocycles. The molecule has 2 aliphatic rings. The van der Waals surface area contributed by atoms with Crippen molar-refractivity contribution < 1.29 is 14.6 Å². The summed E-state index contributed by atoms with van der Waals surface area (Å²) in [7, 11) is 0. The molecule has 5 nitrogen and oxygen atoms in total. The van der Waals surface area contributed by atoms with Crippen LogP contribution in [0.4, 0.5) is 0 Å². The Morgan fingerprint density at radius 3 is 2.73 bits per heavy atom. The third-order valence-electron chi connectivity index (χ3n) is 5.01. The van der Waals surface area contributed by atoms with Crippen LogP contribution in [0.3, 0.4) is 0 Å². The number of fused-ring (bicyclic) bond motifs is 1. The van der Waals surface area contributed by atoms with E-state index >= 15 is 0 Å². The number of amides is 1. The zero-order chi connectivity index (χ0) is 18.1. The van der Waals surface area contributed by atoms with Crippen LogP contribution < -0.4 is 4.74 Å². The first kappa shape index (κ1) is 17.4. The summed E-state index contributed by atoms with van der Waals surface area (Å²) in [5.74, 6) is 0.928. The van der Waals surface area contributed by atoms with E-state index in [2.05, 4.69) is 39.0 Å². The average molecular weight is 417 g/mol. The number of hydrogen-bond donors (Lipinski definition) is 1. The normalized spacial score (nSPS) is 17.0. The maximum atomic E-state index is 12.7. The van der Waals surface area contributed by atoms with Crippen molar-refractivity contribution in [2.75, 3.05) is 32.8 Å². The van der Waals surface area contributed by atoms with Gasteiger partial charge in [0.15, 0.2) is 0 Å². The van der Waals surface area contributed by atoms with Crippen LogP contribution in [0.5, 0.6) is 11.5 Å². The van der Waals surface area contributed by atoms with Gasteiger partial charge in [0.25, 0.3) is 5.91 Å². The van der Waals surface area contributed by atoms with Gasteiger partial charge in [0, 0.05) is 43.6 Å². The molecule has 1 amide bonds. The highest BCUT2D eigenvalue weighted by atomic mass is 79.9. The Kier molecular flexibility index (Phi) is 4.87. The second-order valence-corrected chi connectivity index (χ2v) is 7.69. The lowest BCUT2D eigenvalue weighted by Gasteiger charge is -2.35. The highest BCUT2D eigenvalue weighted by Crippen LogP contribution is 2.27. The van der Waals surface area contributed by atoms with Crippen molar-refractivity contribution in [3.8, 4) is 11.5 Å². The third kappa shape index (κ3) is 3.57. The maximum Gasteiger partial charge on any atom is 0.257 e. The molecule has 2 heterocycles. The van der Waals surface area contributed by atoms with Crippen molar-refractivity contribution in [2.45, 2.75) is 13.0 Å². The SMILES string of the molecule is O=C(c1cc(Br)ccc1O)N1CCN(Cc2ccc3c(c2)CCO3)CC1. The number of aromatic hydroxyl groups is 1. The van der Waals surface area contributed by atoms with E-state index < -0.39 is 0 Å². The van der Waals surface area contributed by atoms with E-state index in [-0.39, 0.29) is 11.7 Å². The van der Waals surface area contributed by atoms with E-state index in [0.717, 1.165) is 42.9 Å². The van der Waals surface area contributed by atoms with Gasteiger partial charge in [-0.25, -0.2) is 0 Å². The minimum Gasteiger partial charge on any atom is -0.507 e. The predicted octanol–water partition coefficient (Wildman–Crippen LogP) is 3.05. The lowest BCUT2D eigenvalue weighted by molar-refractivity contribution is 0.0625. The van der Waals surface area contributed by atoms with E-state index in [0.29, 0.717) is 18.7 Å². The van der Waals surface area contributed by atoms with Crippen LogP contribution in [0.25, 0.3) is 0 Å². The molecule has 4 rings (SSSR count). The number of phenolic OH excluding ortho intramolecular Hbond substituents is 1. The van der Waals surface area contributed by atoms with E-state index in [4.69, 9.17) is 4.74 Å². The Bertz CT molecular complexity index is 832. The first-order valence-corrected chi connectivity index (χ1v) is 9.64. The summed E-state index contributed by atoms with van der Waals surface area (Å²) in [6, 6.07) is 11.4. The first-order chi connectivity index (χ1) is 12.6. The number of carbonyl (C=O) groups excluding carboxylic acids is 1. The van der Waals surface area contributed by atoms with Crippen molar-refractivity contribution in [3.05, 3.63) is 57.6 Å². The smallest absolute Gasteiger partial charge is 0.257 e. The largest absolute Gasteiger partial charge is 0.507 e. The number of ether oxygens (including phenoxy) is 1.